The number of guanidine groups is 1. The zero-order valence-corrected chi connectivity index (χ0v) is 19.1. The number of aliphatic imine (C=N–C) groups is 1. The third-order valence-corrected chi connectivity index (χ3v) is 5.55. The van der Waals surface area contributed by atoms with Gasteiger partial charge in [-0.3, -0.25) is 4.99 Å². The first kappa shape index (κ1) is 22.2. The number of furan rings is 1. The summed E-state index contributed by atoms with van der Waals surface area (Å²) < 4.78 is 10.8. The third-order valence-electron chi connectivity index (χ3n) is 4.41. The molecule has 0 bridgehead atoms. The molecule has 0 saturated carbocycles. The molecule has 1 fully saturated rings. The van der Waals surface area contributed by atoms with Gasteiger partial charge < -0.3 is 19.8 Å². The molecule has 150 valence electrons. The first-order valence-electron chi connectivity index (χ1n) is 9.25. The van der Waals surface area contributed by atoms with Crippen molar-refractivity contribution in [2.24, 2.45) is 10.9 Å². The number of aromatic nitrogens is 1. The van der Waals surface area contributed by atoms with Crippen molar-refractivity contribution in [1.82, 2.24) is 15.6 Å². The van der Waals surface area contributed by atoms with Gasteiger partial charge in [-0.15, -0.1) is 35.3 Å². The van der Waals surface area contributed by atoms with E-state index in [-0.39, 0.29) is 24.0 Å². The summed E-state index contributed by atoms with van der Waals surface area (Å²) in [6, 6.07) is 3.91. The van der Waals surface area contributed by atoms with Gasteiger partial charge in [0.15, 0.2) is 5.96 Å². The van der Waals surface area contributed by atoms with Crippen LogP contribution in [0.15, 0.2) is 34.0 Å². The van der Waals surface area contributed by atoms with Crippen LogP contribution in [0.25, 0.3) is 0 Å². The number of hydrogen-bond donors (Lipinski definition) is 2. The van der Waals surface area contributed by atoms with E-state index in [1.165, 1.54) is 4.88 Å². The maximum absolute atomic E-state index is 5.46. The highest BCUT2D eigenvalue weighted by molar-refractivity contribution is 14.0. The first-order valence-corrected chi connectivity index (χ1v) is 10.1. The Labute approximate surface area is 182 Å². The SMILES string of the molecule is Cc1cnc(C(C)CN=C(NCCc2ccco2)NCC2CCOC2)s1.I. The van der Waals surface area contributed by atoms with E-state index in [0.717, 1.165) is 55.9 Å². The molecule has 8 heteroatoms. The summed E-state index contributed by atoms with van der Waals surface area (Å²) in [7, 11) is 0. The molecule has 3 rings (SSSR count). The third kappa shape index (κ3) is 7.42. The summed E-state index contributed by atoms with van der Waals surface area (Å²) in [6.45, 7) is 8.34. The van der Waals surface area contributed by atoms with Crippen LogP contribution in [-0.2, 0) is 11.2 Å². The highest BCUT2D eigenvalue weighted by Crippen LogP contribution is 2.21. The van der Waals surface area contributed by atoms with Crippen LogP contribution in [0.3, 0.4) is 0 Å². The second-order valence-electron chi connectivity index (χ2n) is 6.77. The second kappa shape index (κ2) is 11.7. The number of thiazole rings is 1. The van der Waals surface area contributed by atoms with Crippen molar-refractivity contribution >= 4 is 41.3 Å². The molecule has 2 aromatic rings. The molecular formula is C19H29IN4O2S. The molecule has 0 spiro atoms. The van der Waals surface area contributed by atoms with Crippen molar-refractivity contribution in [1.29, 1.82) is 0 Å². The molecule has 27 heavy (non-hydrogen) atoms. The predicted octanol–water partition coefficient (Wildman–Crippen LogP) is 3.58. The molecule has 2 atom stereocenters. The number of nitrogens with one attached hydrogen (secondary N) is 2. The summed E-state index contributed by atoms with van der Waals surface area (Å²) in [6.07, 6.45) is 5.59. The maximum Gasteiger partial charge on any atom is 0.191 e. The topological polar surface area (TPSA) is 71.7 Å². The van der Waals surface area contributed by atoms with Crippen LogP contribution >= 0.6 is 35.3 Å². The predicted molar refractivity (Wildman–Crippen MR) is 120 cm³/mol. The normalized spacial score (nSPS) is 18.1. The Hall–Kier alpha value is -1.13. The van der Waals surface area contributed by atoms with Gasteiger partial charge in [0.05, 0.1) is 24.4 Å². The molecule has 0 radical (unpaired) electrons. The van der Waals surface area contributed by atoms with Crippen LogP contribution in [0.5, 0.6) is 0 Å². The van der Waals surface area contributed by atoms with Crippen molar-refractivity contribution in [3.63, 3.8) is 0 Å². The highest BCUT2D eigenvalue weighted by atomic mass is 127. The summed E-state index contributed by atoms with van der Waals surface area (Å²) in [4.78, 5) is 10.5. The Morgan fingerprint density at radius 2 is 2.33 bits per heavy atom. The zero-order valence-electron chi connectivity index (χ0n) is 15.9. The van der Waals surface area contributed by atoms with E-state index < -0.39 is 0 Å². The summed E-state index contributed by atoms with van der Waals surface area (Å²) >= 11 is 1.75. The molecule has 6 nitrogen and oxygen atoms in total. The first-order chi connectivity index (χ1) is 12.7. The zero-order chi connectivity index (χ0) is 18.2. The minimum absolute atomic E-state index is 0. The Balaban J connectivity index is 0.00000261. The van der Waals surface area contributed by atoms with Gasteiger partial charge in [0, 0.05) is 49.0 Å². The summed E-state index contributed by atoms with van der Waals surface area (Å²) in [5.74, 6) is 2.70. The van der Waals surface area contributed by atoms with Crippen LogP contribution in [0.4, 0.5) is 0 Å². The Bertz CT molecular complexity index is 684. The van der Waals surface area contributed by atoms with Crippen molar-refractivity contribution < 1.29 is 9.15 Å². The number of nitrogens with zero attached hydrogens (tertiary/aromatic N) is 2. The fourth-order valence-electron chi connectivity index (χ4n) is 2.82. The van der Waals surface area contributed by atoms with Gasteiger partial charge in [-0.25, -0.2) is 4.98 Å². The molecule has 0 aliphatic carbocycles. The van der Waals surface area contributed by atoms with E-state index in [9.17, 15) is 0 Å². The van der Waals surface area contributed by atoms with Crippen molar-refractivity contribution in [3.05, 3.63) is 40.2 Å². The summed E-state index contributed by atoms with van der Waals surface area (Å²) in [5.41, 5.74) is 0. The molecule has 1 saturated heterocycles. The molecular weight excluding hydrogens is 475 g/mol. The molecule has 2 aromatic heterocycles. The number of hydrogen-bond acceptors (Lipinski definition) is 5. The molecule has 0 aromatic carbocycles. The van der Waals surface area contributed by atoms with E-state index in [2.05, 4.69) is 29.5 Å². The number of rotatable bonds is 8. The lowest BCUT2D eigenvalue weighted by atomic mass is 10.1. The maximum atomic E-state index is 5.46. The quantitative estimate of drug-likeness (QED) is 0.327. The largest absolute Gasteiger partial charge is 0.469 e. The van der Waals surface area contributed by atoms with E-state index >= 15 is 0 Å². The lowest BCUT2D eigenvalue weighted by Crippen LogP contribution is -2.41. The minimum Gasteiger partial charge on any atom is -0.469 e. The molecule has 1 aliphatic heterocycles. The fraction of sp³-hybridized carbons (Fsp3) is 0.579. The number of aryl methyl sites for hydroxylation is 1. The van der Waals surface area contributed by atoms with Crippen molar-refractivity contribution in [3.8, 4) is 0 Å². The fourth-order valence-corrected chi connectivity index (χ4v) is 3.64. The van der Waals surface area contributed by atoms with Gasteiger partial charge in [-0.1, -0.05) is 6.92 Å². The monoisotopic (exact) mass is 504 g/mol. The average molecular weight is 504 g/mol. The Morgan fingerprint density at radius 1 is 1.44 bits per heavy atom. The number of ether oxygens (including phenoxy) is 1. The molecule has 1 aliphatic rings. The van der Waals surface area contributed by atoms with E-state index in [0.29, 0.717) is 18.4 Å². The van der Waals surface area contributed by atoms with E-state index in [4.69, 9.17) is 14.1 Å². The van der Waals surface area contributed by atoms with Crippen molar-refractivity contribution in [2.45, 2.75) is 32.6 Å². The van der Waals surface area contributed by atoms with Crippen LogP contribution in [0, 0.1) is 12.8 Å². The van der Waals surface area contributed by atoms with Gasteiger partial charge >= 0.3 is 0 Å². The van der Waals surface area contributed by atoms with Crippen LogP contribution in [0.1, 0.15) is 34.9 Å². The Kier molecular flexibility index (Phi) is 9.57. The van der Waals surface area contributed by atoms with Gasteiger partial charge in [-0.05, 0) is 25.5 Å². The van der Waals surface area contributed by atoms with Gasteiger partial charge in [-0.2, -0.15) is 0 Å². The van der Waals surface area contributed by atoms with Gasteiger partial charge in [0.2, 0.25) is 0 Å². The molecule has 0 amide bonds. The second-order valence-corrected chi connectivity index (χ2v) is 8.03. The highest BCUT2D eigenvalue weighted by Gasteiger charge is 2.16. The number of halogens is 1. The van der Waals surface area contributed by atoms with E-state index in [1.54, 1.807) is 17.6 Å². The average Bonchev–Trinajstić information content (AvgIpc) is 3.39. The van der Waals surface area contributed by atoms with Crippen LogP contribution in [-0.4, -0.2) is 43.8 Å². The summed E-state index contributed by atoms with van der Waals surface area (Å²) in [5, 5.41) is 8.02. The van der Waals surface area contributed by atoms with Gasteiger partial charge in [0.25, 0.3) is 0 Å². The van der Waals surface area contributed by atoms with Gasteiger partial charge in [0.1, 0.15) is 5.76 Å². The molecule has 2 N–H and O–H groups in total. The Morgan fingerprint density at radius 3 is 3.00 bits per heavy atom. The standard InChI is InChI=1S/C19H28N4O2S.HI/c1-14(18-21-11-15(2)26-18)10-22-19(23-12-16-6-9-24-13-16)20-7-5-17-4-3-8-25-17;/h3-4,8,11,14,16H,5-7,9-10,12-13H2,1-2H3,(H2,20,22,23);1H. The van der Waals surface area contributed by atoms with Crippen LogP contribution in [0.2, 0.25) is 0 Å². The smallest absolute Gasteiger partial charge is 0.191 e. The minimum atomic E-state index is 0. The lowest BCUT2D eigenvalue weighted by Gasteiger charge is -2.15. The molecule has 3 heterocycles. The molecule has 2 unspecified atom stereocenters. The van der Waals surface area contributed by atoms with Crippen LogP contribution < -0.4 is 10.6 Å². The van der Waals surface area contributed by atoms with E-state index in [1.807, 2.05) is 18.3 Å². The van der Waals surface area contributed by atoms with Crippen molar-refractivity contribution in [2.75, 3.05) is 32.8 Å². The lowest BCUT2D eigenvalue weighted by molar-refractivity contribution is 0.186.